The number of aromatic amines is 1. The molecule has 2 fully saturated rings. The highest BCUT2D eigenvalue weighted by molar-refractivity contribution is 7.69. The second-order valence-electron chi connectivity index (χ2n) is 12.2. The molecule has 312 valence electrons. The van der Waals surface area contributed by atoms with Crippen LogP contribution in [-0.2, 0) is 45.0 Å². The predicted molar refractivity (Wildman–Crippen MR) is 184 cm³/mol. The number of nitrogens with zero attached hydrogens (tertiary/aromatic N) is 6. The van der Waals surface area contributed by atoms with Crippen LogP contribution in [0, 0.1) is 5.92 Å². The zero-order valence-electron chi connectivity index (χ0n) is 28.3. The molecule has 0 bridgehead atoms. The maximum Gasteiger partial charge on any atom is 0.490 e. The molecule has 0 spiro atoms. The molecule has 1 saturated heterocycles. The van der Waals surface area contributed by atoms with Crippen molar-refractivity contribution < 1.29 is 85.0 Å². The number of ether oxygens (including phenoxy) is 1. The van der Waals surface area contributed by atoms with Gasteiger partial charge in [0, 0.05) is 23.9 Å². The van der Waals surface area contributed by atoms with Gasteiger partial charge in [-0.05, 0) is 18.6 Å². The molecule has 1 aromatic carbocycles. The van der Waals surface area contributed by atoms with Crippen LogP contribution in [0.3, 0.4) is 0 Å². The summed E-state index contributed by atoms with van der Waals surface area (Å²) in [5, 5.41) is 53.1. The number of aromatic nitrogens is 7. The van der Waals surface area contributed by atoms with E-state index in [0.29, 0.717) is 10.3 Å². The maximum atomic E-state index is 12.6. The molecule has 57 heavy (non-hydrogen) atoms. The number of phosphoric ester groups is 2. The van der Waals surface area contributed by atoms with Gasteiger partial charge in [-0.25, -0.2) is 37.7 Å². The van der Waals surface area contributed by atoms with E-state index in [1.165, 1.54) is 11.0 Å². The minimum atomic E-state index is -6.22. The van der Waals surface area contributed by atoms with Crippen LogP contribution in [0.1, 0.15) is 18.7 Å². The van der Waals surface area contributed by atoms with Crippen molar-refractivity contribution in [2.24, 2.45) is 5.92 Å². The van der Waals surface area contributed by atoms with E-state index in [1.54, 1.807) is 30.3 Å². The molecule has 32 heteroatoms. The Bertz CT molecular complexity index is 2400. The summed E-state index contributed by atoms with van der Waals surface area (Å²) in [6.45, 7) is -2.12. The van der Waals surface area contributed by atoms with Crippen LogP contribution in [0.25, 0.3) is 11.2 Å². The van der Waals surface area contributed by atoms with E-state index in [9.17, 15) is 67.8 Å². The van der Waals surface area contributed by atoms with E-state index < -0.39 is 104 Å². The molecule has 4 unspecified atom stereocenters. The first kappa shape index (κ1) is 43.1. The van der Waals surface area contributed by atoms with Crippen LogP contribution in [-0.4, -0.2) is 118 Å². The Labute approximate surface area is 316 Å². The molecule has 6 rings (SSSR count). The summed E-state index contributed by atoms with van der Waals surface area (Å²) in [6, 6.07) is 8.75. The highest BCUT2D eigenvalue weighted by atomic mass is 31.3. The van der Waals surface area contributed by atoms with Gasteiger partial charge in [0.1, 0.15) is 30.7 Å². The molecule has 1 aliphatic heterocycles. The fraction of sp³-hybridized carbons (Fsp3) is 0.440. The lowest BCUT2D eigenvalue weighted by Crippen LogP contribution is -2.37. The Morgan fingerprint density at radius 2 is 1.44 bits per heavy atom. The van der Waals surface area contributed by atoms with Gasteiger partial charge in [0.05, 0.1) is 25.4 Å². The van der Waals surface area contributed by atoms with Crippen molar-refractivity contribution >= 4 is 54.0 Å². The molecule has 4 aromatic rings. The highest BCUT2D eigenvalue weighted by Gasteiger charge is 2.50. The Hall–Kier alpha value is -3.46. The summed E-state index contributed by atoms with van der Waals surface area (Å²) in [5.41, 5.74) is -0.859. The number of hydrogen-bond acceptors (Lipinski definition) is 21. The molecule has 1 aliphatic carbocycles. The molecular formula is C25H32N8O20P4. The molecule has 2 aliphatic rings. The van der Waals surface area contributed by atoms with E-state index >= 15 is 0 Å². The first-order valence-corrected chi connectivity index (χ1v) is 21.9. The first-order valence-electron chi connectivity index (χ1n) is 16.0. The summed E-state index contributed by atoms with van der Waals surface area (Å²) in [4.78, 5) is 73.3. The number of fused-ring (bicyclic) bond motifs is 1. The van der Waals surface area contributed by atoms with Gasteiger partial charge < -0.3 is 50.1 Å². The fourth-order valence-corrected chi connectivity index (χ4v) is 10.8. The molecule has 0 radical (unpaired) electrons. The van der Waals surface area contributed by atoms with Crippen molar-refractivity contribution in [1.29, 1.82) is 0 Å². The summed E-state index contributed by atoms with van der Waals surface area (Å²) in [6.07, 6.45) is -8.45. The van der Waals surface area contributed by atoms with E-state index in [0.717, 1.165) is 12.3 Å². The molecule has 1 saturated carbocycles. The Morgan fingerprint density at radius 1 is 0.807 bits per heavy atom. The summed E-state index contributed by atoms with van der Waals surface area (Å²) in [7, 11) is -24.0. The summed E-state index contributed by atoms with van der Waals surface area (Å²) in [5.74, 6) is -0.902. The normalized spacial score (nSPS) is 29.3. The lowest BCUT2D eigenvalue weighted by Gasteiger charge is -2.21. The lowest BCUT2D eigenvalue weighted by atomic mass is 10.1. The number of nitrogens with one attached hydrogen (secondary N) is 2. The number of anilines is 2. The van der Waals surface area contributed by atoms with Crippen LogP contribution in [0.2, 0.25) is 0 Å². The minimum Gasteiger partial charge on any atom is -0.390 e. The fourth-order valence-electron chi connectivity index (χ4n) is 5.79. The smallest absolute Gasteiger partial charge is 0.390 e. The SMILES string of the molecule is O=c1ccn([C@@H]2O[C@H](COP(=O)(O)OP(=O)(O)OP(=O)(O)OP(=O)(O)OC[C@H]3C[C@@H](n4nnc5c(Nc6ccccc6)ncnc54)[C@H](O)[C@@H]3O)[C@@H](O)[C@H]2O)c(=O)[nH]1. The average Bonchev–Trinajstić information content (AvgIpc) is 3.75. The predicted octanol–water partition coefficient (Wildman–Crippen LogP) is -1.10. The molecule has 3 aromatic heterocycles. The number of aliphatic hydroxyl groups excluding tert-OH is 4. The Balaban J connectivity index is 1.02. The zero-order valence-corrected chi connectivity index (χ0v) is 31.9. The third kappa shape index (κ3) is 10.2. The van der Waals surface area contributed by atoms with Gasteiger partial charge in [0.25, 0.3) is 5.56 Å². The number of H-pyrrole nitrogens is 1. The largest absolute Gasteiger partial charge is 0.490 e. The summed E-state index contributed by atoms with van der Waals surface area (Å²) >= 11 is 0. The van der Waals surface area contributed by atoms with Crippen LogP contribution >= 0.6 is 31.3 Å². The van der Waals surface area contributed by atoms with E-state index in [2.05, 4.69) is 47.6 Å². The zero-order chi connectivity index (χ0) is 41.5. The van der Waals surface area contributed by atoms with Gasteiger partial charge in [-0.1, -0.05) is 23.4 Å². The maximum absolute atomic E-state index is 12.6. The third-order valence-corrected chi connectivity index (χ3v) is 14.2. The molecular weight excluding hydrogens is 856 g/mol. The number of benzene rings is 1. The summed E-state index contributed by atoms with van der Waals surface area (Å²) < 4.78 is 77.6. The standard InChI is InChI=1S/C25H32N8O20P4/c34-16-6-7-32(25(39)29-16)24-21(38)20(37)15(50-24)10-49-55(42,43)52-57(46,47)53-56(44,45)51-54(40,41)48-9-12-8-14(19(36)18(12)35)33-23-17(30-31-33)22(26-11-27-23)28-13-4-2-1-3-5-13/h1-7,11-12,14-15,18-21,24,35-38H,8-10H2,(H,40,41)(H,42,43)(H,44,45)(H,46,47)(H,26,27,28)(H,29,34,39)/t12-,14-,15-,18-,19+,20-,21-,24-/m1/s1. The van der Waals surface area contributed by atoms with Gasteiger partial charge in [-0.15, -0.1) is 5.10 Å². The van der Waals surface area contributed by atoms with E-state index in [-0.39, 0.29) is 23.4 Å². The molecule has 12 atom stereocenters. The van der Waals surface area contributed by atoms with E-state index in [4.69, 9.17) is 4.74 Å². The highest BCUT2D eigenvalue weighted by Crippen LogP contribution is 2.71. The Morgan fingerprint density at radius 3 is 2.09 bits per heavy atom. The topological polar surface area (TPSA) is 409 Å². The minimum absolute atomic E-state index is 0.141. The molecule has 0 amide bonds. The average molecular weight is 888 g/mol. The Kier molecular flexibility index (Phi) is 12.6. The van der Waals surface area contributed by atoms with Gasteiger partial charge in [-0.3, -0.25) is 23.4 Å². The van der Waals surface area contributed by atoms with Crippen LogP contribution in [0.5, 0.6) is 0 Å². The van der Waals surface area contributed by atoms with Crippen molar-refractivity contribution in [2.75, 3.05) is 18.5 Å². The number of rotatable bonds is 16. The first-order chi connectivity index (χ1) is 26.6. The second kappa shape index (κ2) is 16.7. The van der Waals surface area contributed by atoms with Gasteiger partial charge >= 0.3 is 37.0 Å². The number of hydrogen-bond donors (Lipinski definition) is 10. The van der Waals surface area contributed by atoms with Crippen LogP contribution in [0.4, 0.5) is 11.5 Å². The lowest BCUT2D eigenvalue weighted by molar-refractivity contribution is -0.0542. The van der Waals surface area contributed by atoms with Gasteiger partial charge in [0.2, 0.25) is 0 Å². The van der Waals surface area contributed by atoms with E-state index in [1.807, 2.05) is 4.98 Å². The van der Waals surface area contributed by atoms with Crippen LogP contribution < -0.4 is 16.6 Å². The third-order valence-electron chi connectivity index (χ3n) is 8.32. The quantitative estimate of drug-likeness (QED) is 0.0597. The van der Waals surface area contributed by atoms with Crippen molar-refractivity contribution in [3.63, 3.8) is 0 Å². The number of aliphatic hydroxyl groups is 4. The van der Waals surface area contributed by atoms with Gasteiger partial charge in [-0.2, -0.15) is 12.9 Å². The van der Waals surface area contributed by atoms with Crippen molar-refractivity contribution in [3.05, 3.63) is 69.8 Å². The monoisotopic (exact) mass is 888 g/mol. The molecule has 28 nitrogen and oxygen atoms in total. The molecule has 4 heterocycles. The molecule has 10 N–H and O–H groups in total. The van der Waals surface area contributed by atoms with Crippen molar-refractivity contribution in [2.45, 2.75) is 49.2 Å². The van der Waals surface area contributed by atoms with Gasteiger partial charge in [0.15, 0.2) is 23.2 Å². The number of phosphoric acid groups is 4. The van der Waals surface area contributed by atoms with Crippen molar-refractivity contribution in [3.8, 4) is 0 Å². The van der Waals surface area contributed by atoms with Crippen molar-refractivity contribution in [1.82, 2.24) is 34.5 Å². The number of para-hydroxylation sites is 1. The second-order valence-corrected chi connectivity index (χ2v) is 18.5. The van der Waals surface area contributed by atoms with Crippen LogP contribution in [0.15, 0.2) is 58.5 Å².